The van der Waals surface area contributed by atoms with Gasteiger partial charge in [0.15, 0.2) is 0 Å². The lowest BCUT2D eigenvalue weighted by Crippen LogP contribution is -2.57. The van der Waals surface area contributed by atoms with Crippen LogP contribution in [-0.4, -0.2) is 47.1 Å². The van der Waals surface area contributed by atoms with Gasteiger partial charge in [-0.2, -0.15) is 0 Å². The third-order valence-electron chi connectivity index (χ3n) is 6.77. The Morgan fingerprint density at radius 3 is 2.48 bits per heavy atom. The molecule has 1 amide bonds. The second kappa shape index (κ2) is 9.18. The molecule has 5 atom stereocenters. The number of aliphatic hydroxyl groups is 1. The van der Waals surface area contributed by atoms with Gasteiger partial charge in [-0.15, -0.1) is 12.4 Å². The van der Waals surface area contributed by atoms with E-state index < -0.39 is 23.2 Å². The predicted octanol–water partition coefficient (Wildman–Crippen LogP) is 3.09. The summed E-state index contributed by atoms with van der Waals surface area (Å²) in [6.07, 6.45) is 1.66. The Morgan fingerprint density at radius 1 is 1.16 bits per heavy atom. The van der Waals surface area contributed by atoms with Crippen molar-refractivity contribution >= 4 is 18.3 Å². The van der Waals surface area contributed by atoms with Gasteiger partial charge in [0.05, 0.1) is 11.6 Å². The molecule has 31 heavy (non-hydrogen) atoms. The molecule has 0 radical (unpaired) electrons. The highest BCUT2D eigenvalue weighted by Gasteiger charge is 2.49. The maximum atomic E-state index is 14.4. The first-order valence-electron chi connectivity index (χ1n) is 10.4. The normalized spacial score (nSPS) is 30.7. The highest BCUT2D eigenvalue weighted by molar-refractivity contribution is 5.85. The molecule has 0 saturated carbocycles. The van der Waals surface area contributed by atoms with Gasteiger partial charge in [-0.05, 0) is 23.8 Å². The molecule has 8 heteroatoms. The number of carbonyl (C=O) groups is 1. The van der Waals surface area contributed by atoms with Crippen molar-refractivity contribution in [2.75, 3.05) is 26.2 Å². The molecule has 3 heterocycles. The lowest BCUT2D eigenvalue weighted by atomic mass is 9.72. The first kappa shape index (κ1) is 23.6. The van der Waals surface area contributed by atoms with Crippen LogP contribution in [0.3, 0.4) is 0 Å². The molecule has 0 spiro atoms. The number of nitrogens with zero attached hydrogens (tertiary/aromatic N) is 2. The summed E-state index contributed by atoms with van der Waals surface area (Å²) in [5.74, 6) is -2.50. The Bertz CT molecular complexity index is 918. The van der Waals surface area contributed by atoms with Crippen LogP contribution in [0.2, 0.25) is 0 Å². The van der Waals surface area contributed by atoms with Crippen LogP contribution in [0.5, 0.6) is 0 Å². The Hall–Kier alpha value is -2.09. The first-order chi connectivity index (χ1) is 14.3. The summed E-state index contributed by atoms with van der Waals surface area (Å²) in [6.45, 7) is 5.56. The third-order valence-corrected chi connectivity index (χ3v) is 6.77. The van der Waals surface area contributed by atoms with E-state index in [2.05, 4.69) is 10.3 Å². The van der Waals surface area contributed by atoms with E-state index in [1.54, 1.807) is 11.1 Å². The van der Waals surface area contributed by atoms with E-state index in [1.165, 1.54) is 12.1 Å². The molecule has 2 aliphatic heterocycles. The van der Waals surface area contributed by atoms with Gasteiger partial charge >= 0.3 is 0 Å². The van der Waals surface area contributed by atoms with Crippen LogP contribution < -0.4 is 5.32 Å². The minimum Gasteiger partial charge on any atom is -0.383 e. The first-order valence-corrected chi connectivity index (χ1v) is 10.4. The number of aromatic nitrogens is 1. The summed E-state index contributed by atoms with van der Waals surface area (Å²) in [5.41, 5.74) is -0.136. The molecule has 0 aliphatic carbocycles. The standard InChI is InChI=1S/C23H27F2N3O2.ClH/c1-14-12-28(13-15(2)23(14,30)21-5-3-4-8-27-21)22(29)19-11-26-10-18(19)17-7-6-16(24)9-20(17)25;/h3-9,14-15,18-19,26,30H,10-13H2,1-2H3;1H/t14-,15+,18-,19+,23?;/m0./s1. The number of halogens is 3. The van der Waals surface area contributed by atoms with Crippen LogP contribution >= 0.6 is 12.4 Å². The number of likely N-dealkylation sites (tertiary alicyclic amines) is 1. The molecule has 168 valence electrons. The summed E-state index contributed by atoms with van der Waals surface area (Å²) in [7, 11) is 0. The number of rotatable bonds is 3. The van der Waals surface area contributed by atoms with Crippen molar-refractivity contribution in [2.24, 2.45) is 17.8 Å². The number of hydrogen-bond acceptors (Lipinski definition) is 4. The quantitative estimate of drug-likeness (QED) is 0.752. The molecule has 1 aromatic carbocycles. The minimum atomic E-state index is -1.12. The van der Waals surface area contributed by atoms with Crippen molar-refractivity contribution in [1.29, 1.82) is 0 Å². The molecule has 0 bridgehead atoms. The summed E-state index contributed by atoms with van der Waals surface area (Å²) in [6, 6.07) is 9.01. The van der Waals surface area contributed by atoms with Crippen LogP contribution in [0.4, 0.5) is 8.78 Å². The second-order valence-corrected chi connectivity index (χ2v) is 8.62. The summed E-state index contributed by atoms with van der Waals surface area (Å²) >= 11 is 0. The fourth-order valence-corrected chi connectivity index (χ4v) is 5.09. The van der Waals surface area contributed by atoms with Crippen molar-refractivity contribution in [3.63, 3.8) is 0 Å². The summed E-state index contributed by atoms with van der Waals surface area (Å²) < 4.78 is 27.7. The van der Waals surface area contributed by atoms with Crippen molar-refractivity contribution in [3.05, 3.63) is 65.5 Å². The zero-order chi connectivity index (χ0) is 21.5. The van der Waals surface area contributed by atoms with Crippen LogP contribution in [-0.2, 0) is 10.4 Å². The zero-order valence-corrected chi connectivity index (χ0v) is 18.4. The largest absolute Gasteiger partial charge is 0.383 e. The topological polar surface area (TPSA) is 65.5 Å². The molecule has 1 aromatic heterocycles. The van der Waals surface area contributed by atoms with Gasteiger partial charge in [-0.1, -0.05) is 26.0 Å². The van der Waals surface area contributed by atoms with Gasteiger partial charge in [-0.25, -0.2) is 8.78 Å². The van der Waals surface area contributed by atoms with Crippen molar-refractivity contribution < 1.29 is 18.7 Å². The molecule has 4 rings (SSSR count). The fraction of sp³-hybridized carbons (Fsp3) is 0.478. The highest BCUT2D eigenvalue weighted by atomic mass is 35.5. The number of piperidine rings is 1. The van der Waals surface area contributed by atoms with Crippen LogP contribution in [0.1, 0.15) is 31.0 Å². The molecule has 2 fully saturated rings. The average Bonchev–Trinajstić information content (AvgIpc) is 3.21. The molecule has 2 saturated heterocycles. The molecule has 2 aromatic rings. The summed E-state index contributed by atoms with van der Waals surface area (Å²) in [5, 5.41) is 14.6. The maximum Gasteiger partial charge on any atom is 0.227 e. The number of carbonyl (C=O) groups excluding carboxylic acids is 1. The van der Waals surface area contributed by atoms with Crippen LogP contribution in [0.25, 0.3) is 0 Å². The molecule has 2 N–H and O–H groups in total. The predicted molar refractivity (Wildman–Crippen MR) is 116 cm³/mol. The molecular weight excluding hydrogens is 424 g/mol. The Morgan fingerprint density at radius 2 is 1.87 bits per heavy atom. The molecular formula is C23H28ClF2N3O2. The Labute approximate surface area is 187 Å². The van der Waals surface area contributed by atoms with E-state index >= 15 is 0 Å². The number of hydrogen-bond donors (Lipinski definition) is 2. The van der Waals surface area contributed by atoms with Gasteiger partial charge in [0.2, 0.25) is 5.91 Å². The monoisotopic (exact) mass is 451 g/mol. The van der Waals surface area contributed by atoms with E-state index in [0.717, 1.165) is 6.07 Å². The molecule has 5 nitrogen and oxygen atoms in total. The van der Waals surface area contributed by atoms with Crippen LogP contribution in [0.15, 0.2) is 42.6 Å². The lowest BCUT2D eigenvalue weighted by Gasteiger charge is -2.48. The number of nitrogens with one attached hydrogen (secondary N) is 1. The van der Waals surface area contributed by atoms with Gasteiger partial charge < -0.3 is 15.3 Å². The van der Waals surface area contributed by atoms with Gasteiger partial charge in [0.25, 0.3) is 0 Å². The number of amides is 1. The van der Waals surface area contributed by atoms with Crippen molar-refractivity contribution in [3.8, 4) is 0 Å². The zero-order valence-electron chi connectivity index (χ0n) is 17.6. The Balaban J connectivity index is 0.00000272. The Kier molecular flexibility index (Phi) is 6.98. The summed E-state index contributed by atoms with van der Waals surface area (Å²) in [4.78, 5) is 19.5. The lowest BCUT2D eigenvalue weighted by molar-refractivity contribution is -0.153. The van der Waals surface area contributed by atoms with E-state index in [0.29, 0.717) is 37.4 Å². The highest BCUT2D eigenvalue weighted by Crippen LogP contribution is 2.41. The van der Waals surface area contributed by atoms with Crippen molar-refractivity contribution in [2.45, 2.75) is 25.4 Å². The molecule has 2 aliphatic rings. The SMILES string of the molecule is C[C@@H]1CN(C(=O)[C@@H]2CNC[C@H]2c2ccc(F)cc2F)C[C@H](C)C1(O)c1ccccn1.Cl. The van der Waals surface area contributed by atoms with Gasteiger partial charge in [0.1, 0.15) is 17.2 Å². The smallest absolute Gasteiger partial charge is 0.227 e. The molecule has 1 unspecified atom stereocenters. The van der Waals surface area contributed by atoms with E-state index in [9.17, 15) is 18.7 Å². The van der Waals surface area contributed by atoms with Crippen molar-refractivity contribution in [1.82, 2.24) is 15.2 Å². The maximum absolute atomic E-state index is 14.4. The fourth-order valence-electron chi connectivity index (χ4n) is 5.09. The number of pyridine rings is 1. The van der Waals surface area contributed by atoms with E-state index in [-0.39, 0.29) is 36.1 Å². The van der Waals surface area contributed by atoms with Crippen LogP contribution in [0, 0.1) is 29.4 Å². The van der Waals surface area contributed by atoms with Gasteiger partial charge in [-0.3, -0.25) is 9.78 Å². The van der Waals surface area contributed by atoms with Gasteiger partial charge in [0, 0.05) is 56.2 Å². The van der Waals surface area contributed by atoms with E-state index in [1.807, 2.05) is 32.0 Å². The average molecular weight is 452 g/mol. The number of benzene rings is 1. The minimum absolute atomic E-state index is 0. The second-order valence-electron chi connectivity index (χ2n) is 8.62. The third kappa shape index (κ3) is 4.19. The van der Waals surface area contributed by atoms with E-state index in [4.69, 9.17) is 0 Å².